The average molecular weight is 622 g/mol. The lowest BCUT2D eigenvalue weighted by atomic mass is 9.72. The van der Waals surface area contributed by atoms with Crippen LogP contribution in [0.15, 0.2) is 83.3 Å². The number of non-ortho nitro benzene ring substituents is 1. The summed E-state index contributed by atoms with van der Waals surface area (Å²) in [4.78, 5) is 27.8. The quantitative estimate of drug-likeness (QED) is 0.149. The number of hydrogen-bond acceptors (Lipinski definition) is 7. The highest BCUT2D eigenvalue weighted by molar-refractivity contribution is 7.92. The molecule has 226 valence electrons. The van der Waals surface area contributed by atoms with Gasteiger partial charge < -0.3 is 4.90 Å². The summed E-state index contributed by atoms with van der Waals surface area (Å²) in [5.74, 6) is -1.43. The minimum Gasteiger partial charge on any atom is -0.369 e. The Kier molecular flexibility index (Phi) is 9.06. The molecule has 0 spiro atoms. The van der Waals surface area contributed by atoms with Crippen LogP contribution >= 0.6 is 11.6 Å². The Morgan fingerprint density at radius 1 is 0.977 bits per heavy atom. The molecule has 5 rings (SSSR count). The predicted octanol–water partition coefficient (Wildman–Crippen LogP) is 6.69. The van der Waals surface area contributed by atoms with Crippen LogP contribution in [-0.4, -0.2) is 62.5 Å². The van der Waals surface area contributed by atoms with Gasteiger partial charge in [-0.2, -0.15) is 0 Å². The molecule has 1 saturated heterocycles. The number of rotatable bonds is 9. The summed E-state index contributed by atoms with van der Waals surface area (Å²) < 4.78 is 25.9. The highest BCUT2D eigenvalue weighted by Gasteiger charge is 2.29. The summed E-state index contributed by atoms with van der Waals surface area (Å²) in [5, 5.41) is 11.8. The first-order valence-corrected chi connectivity index (χ1v) is 16.5. The van der Waals surface area contributed by atoms with Crippen LogP contribution in [0.1, 0.15) is 49.0 Å². The number of nitrogens with zero attached hydrogens (tertiary/aromatic N) is 3. The van der Waals surface area contributed by atoms with Gasteiger partial charge in [0.15, 0.2) is 15.6 Å². The van der Waals surface area contributed by atoms with Crippen molar-refractivity contribution in [2.45, 2.75) is 38.0 Å². The van der Waals surface area contributed by atoms with E-state index < -0.39 is 26.3 Å². The molecular weight excluding hydrogens is 586 g/mol. The van der Waals surface area contributed by atoms with E-state index in [9.17, 15) is 23.3 Å². The number of halogens is 1. The maximum atomic E-state index is 13.0. The first kappa shape index (κ1) is 30.9. The molecule has 0 aromatic heterocycles. The Morgan fingerprint density at radius 2 is 1.65 bits per heavy atom. The number of anilines is 1. The number of carbonyl (C=O) groups excluding carboxylic acids is 1. The number of hydrogen-bond donors (Lipinski definition) is 0. The second-order valence-electron chi connectivity index (χ2n) is 12.2. The van der Waals surface area contributed by atoms with Crippen LogP contribution in [0.3, 0.4) is 0 Å². The molecule has 1 heterocycles. The Bertz CT molecular complexity index is 1640. The van der Waals surface area contributed by atoms with Crippen molar-refractivity contribution in [1.82, 2.24) is 4.90 Å². The molecule has 0 radical (unpaired) electrons. The largest absolute Gasteiger partial charge is 0.369 e. The number of piperazine rings is 1. The monoisotopic (exact) mass is 621 g/mol. The molecule has 8 nitrogen and oxygen atoms in total. The topological polar surface area (TPSA) is 101 Å². The lowest BCUT2D eigenvalue weighted by molar-refractivity contribution is -0.384. The van der Waals surface area contributed by atoms with Gasteiger partial charge in [0.2, 0.25) is 0 Å². The van der Waals surface area contributed by atoms with Crippen molar-refractivity contribution in [2.75, 3.05) is 43.4 Å². The summed E-state index contributed by atoms with van der Waals surface area (Å²) >= 11 is 6.16. The first-order chi connectivity index (χ1) is 20.4. The Balaban J connectivity index is 1.21. The molecule has 0 saturated carbocycles. The molecule has 43 heavy (non-hydrogen) atoms. The van der Waals surface area contributed by atoms with Crippen LogP contribution < -0.4 is 4.90 Å². The number of carbonyl (C=O) groups is 1. The fraction of sp³-hybridized carbons (Fsp3) is 0.364. The first-order valence-electron chi connectivity index (χ1n) is 14.4. The van der Waals surface area contributed by atoms with Crippen molar-refractivity contribution >= 4 is 44.2 Å². The second kappa shape index (κ2) is 12.6. The molecule has 0 bridgehead atoms. The Hall–Kier alpha value is -3.53. The van der Waals surface area contributed by atoms with E-state index in [-0.39, 0.29) is 21.6 Å². The van der Waals surface area contributed by atoms with E-state index in [1.54, 1.807) is 12.1 Å². The van der Waals surface area contributed by atoms with E-state index in [1.165, 1.54) is 53.5 Å². The van der Waals surface area contributed by atoms with E-state index in [1.807, 2.05) is 12.1 Å². The van der Waals surface area contributed by atoms with Crippen LogP contribution in [0.4, 0.5) is 11.4 Å². The summed E-state index contributed by atoms with van der Waals surface area (Å²) in [7, 11) is -3.91. The number of nitro groups is 1. The van der Waals surface area contributed by atoms with Gasteiger partial charge >= 0.3 is 0 Å². The third-order valence-corrected chi connectivity index (χ3v) is 10.3. The van der Waals surface area contributed by atoms with Gasteiger partial charge in [0, 0.05) is 61.1 Å². The standard InChI is InChI=1S/C33H36ClN3O5S/c1-33(2)15-14-26(31(21-33)24-6-8-27(34)9-7-24)22-35-16-18-36(19-17-35)28-10-12-30(13-11-28)43(41,42)23-32(38)25-4-3-5-29(20-25)37(39)40/h3-13,20H,14-19,21-23H2,1-2H3. The van der Waals surface area contributed by atoms with E-state index in [0.29, 0.717) is 0 Å². The number of Topliss-reactive ketones (excluding diaryl/α,β-unsaturated/α-hetero) is 1. The van der Waals surface area contributed by atoms with Crippen LogP contribution in [0, 0.1) is 15.5 Å². The Morgan fingerprint density at radius 3 is 2.30 bits per heavy atom. The van der Waals surface area contributed by atoms with Crippen molar-refractivity contribution in [2.24, 2.45) is 5.41 Å². The van der Waals surface area contributed by atoms with E-state index in [2.05, 4.69) is 35.8 Å². The predicted molar refractivity (Wildman–Crippen MR) is 171 cm³/mol. The summed E-state index contributed by atoms with van der Waals surface area (Å²) in [6, 6.07) is 19.9. The fourth-order valence-corrected chi connectivity index (χ4v) is 7.25. The van der Waals surface area contributed by atoms with Crippen LogP contribution in [0.2, 0.25) is 5.02 Å². The number of allylic oxidation sites excluding steroid dienone is 1. The normalized spacial score (nSPS) is 17.6. The molecule has 0 amide bonds. The zero-order chi connectivity index (χ0) is 30.8. The average Bonchev–Trinajstić information content (AvgIpc) is 2.98. The number of ketones is 1. The van der Waals surface area contributed by atoms with Gasteiger partial charge in [0.05, 0.1) is 9.82 Å². The molecule has 1 aliphatic carbocycles. The van der Waals surface area contributed by atoms with Gasteiger partial charge in [-0.1, -0.05) is 55.3 Å². The summed E-state index contributed by atoms with van der Waals surface area (Å²) in [6.07, 6.45) is 3.31. The zero-order valence-corrected chi connectivity index (χ0v) is 26.0. The minimum absolute atomic E-state index is 0.000236. The summed E-state index contributed by atoms with van der Waals surface area (Å²) in [6.45, 7) is 9.07. The van der Waals surface area contributed by atoms with Crippen LogP contribution in [0.25, 0.3) is 5.57 Å². The number of sulfone groups is 1. The molecule has 0 N–H and O–H groups in total. The maximum absolute atomic E-state index is 13.0. The number of nitro benzene ring substituents is 1. The molecule has 0 unspecified atom stereocenters. The number of benzene rings is 3. The smallest absolute Gasteiger partial charge is 0.270 e. The third kappa shape index (κ3) is 7.52. The Labute approximate surface area is 258 Å². The van der Waals surface area contributed by atoms with Crippen molar-refractivity contribution in [3.8, 4) is 0 Å². The molecular formula is C33H36ClN3O5S. The molecule has 1 fully saturated rings. The van der Waals surface area contributed by atoms with Gasteiger partial charge in [-0.3, -0.25) is 19.8 Å². The highest BCUT2D eigenvalue weighted by atomic mass is 35.5. The highest BCUT2D eigenvalue weighted by Crippen LogP contribution is 2.43. The molecule has 1 aliphatic heterocycles. The molecule has 0 atom stereocenters. The van der Waals surface area contributed by atoms with E-state index in [0.717, 1.165) is 62.3 Å². The molecule has 10 heteroatoms. The lowest BCUT2D eigenvalue weighted by Crippen LogP contribution is -2.47. The third-order valence-electron chi connectivity index (χ3n) is 8.43. The molecule has 3 aromatic rings. The maximum Gasteiger partial charge on any atom is 0.270 e. The van der Waals surface area contributed by atoms with Gasteiger partial charge in [0.25, 0.3) is 5.69 Å². The SMILES string of the molecule is CC1(C)CCC(CN2CCN(c3ccc(S(=O)(=O)CC(=O)c4cccc([N+](=O)[O-])c4)cc3)CC2)=C(c2ccc(Cl)cc2)C1. The van der Waals surface area contributed by atoms with Gasteiger partial charge in [-0.25, -0.2) is 8.42 Å². The van der Waals surface area contributed by atoms with Crippen molar-refractivity contribution in [3.63, 3.8) is 0 Å². The van der Waals surface area contributed by atoms with E-state index in [4.69, 9.17) is 11.6 Å². The lowest BCUT2D eigenvalue weighted by Gasteiger charge is -2.39. The zero-order valence-electron chi connectivity index (χ0n) is 24.5. The summed E-state index contributed by atoms with van der Waals surface area (Å²) in [5.41, 5.74) is 5.15. The van der Waals surface area contributed by atoms with Crippen LogP contribution in [-0.2, 0) is 9.84 Å². The van der Waals surface area contributed by atoms with Crippen LogP contribution in [0.5, 0.6) is 0 Å². The molecule has 2 aliphatic rings. The second-order valence-corrected chi connectivity index (χ2v) is 14.6. The van der Waals surface area contributed by atoms with Gasteiger partial charge in [0.1, 0.15) is 5.75 Å². The van der Waals surface area contributed by atoms with Crippen molar-refractivity contribution in [1.29, 1.82) is 0 Å². The van der Waals surface area contributed by atoms with Gasteiger partial charge in [-0.15, -0.1) is 0 Å². The minimum atomic E-state index is -3.91. The fourth-order valence-electron chi connectivity index (χ4n) is 5.89. The van der Waals surface area contributed by atoms with Crippen molar-refractivity contribution < 1.29 is 18.1 Å². The molecule has 3 aromatic carbocycles. The van der Waals surface area contributed by atoms with E-state index >= 15 is 0 Å². The van der Waals surface area contributed by atoms with Crippen molar-refractivity contribution in [3.05, 3.63) is 105 Å². The van der Waals surface area contributed by atoms with Gasteiger partial charge in [-0.05, 0) is 72.2 Å².